The summed E-state index contributed by atoms with van der Waals surface area (Å²) in [6.07, 6.45) is 6.85. The molecule has 0 aromatic heterocycles. The van der Waals surface area contributed by atoms with Crippen LogP contribution in [-0.4, -0.2) is 36.5 Å². The summed E-state index contributed by atoms with van der Waals surface area (Å²) in [5, 5.41) is 11.3. The fraction of sp³-hybridized carbons (Fsp3) is 0.600. The van der Waals surface area contributed by atoms with Crippen molar-refractivity contribution in [1.29, 1.82) is 5.26 Å². The molecule has 1 amide bonds. The maximum atomic E-state index is 11.3. The third-order valence-corrected chi connectivity index (χ3v) is 2.25. The predicted molar refractivity (Wildman–Crippen MR) is 52.1 cm³/mol. The summed E-state index contributed by atoms with van der Waals surface area (Å²) < 4.78 is 0. The number of carbonyl (C=O) groups excluding carboxylic acids is 1. The monoisotopic (exact) mass is 191 g/mol. The van der Waals surface area contributed by atoms with Crippen LogP contribution in [0.2, 0.25) is 0 Å². The van der Waals surface area contributed by atoms with E-state index in [0.29, 0.717) is 0 Å². The highest BCUT2D eigenvalue weighted by Crippen LogP contribution is 2.15. The van der Waals surface area contributed by atoms with E-state index in [1.165, 1.54) is 0 Å². The molecule has 0 bridgehead atoms. The minimum atomic E-state index is -0.106. The van der Waals surface area contributed by atoms with E-state index in [1.54, 1.807) is 0 Å². The van der Waals surface area contributed by atoms with Crippen LogP contribution in [0.1, 0.15) is 12.8 Å². The fourth-order valence-corrected chi connectivity index (χ4v) is 1.55. The second kappa shape index (κ2) is 5.26. The zero-order chi connectivity index (χ0) is 10.4. The van der Waals surface area contributed by atoms with Gasteiger partial charge in [-0.05, 0) is 12.8 Å². The van der Waals surface area contributed by atoms with Crippen LogP contribution in [0.4, 0.5) is 0 Å². The number of rotatable bonds is 3. The normalized spacial score (nSPS) is 21.1. The van der Waals surface area contributed by atoms with Crippen LogP contribution in [0.5, 0.6) is 0 Å². The number of hydrogen-bond donors (Lipinski definition) is 1. The summed E-state index contributed by atoms with van der Waals surface area (Å²) in [5.41, 5.74) is 0. The van der Waals surface area contributed by atoms with E-state index in [2.05, 4.69) is 17.3 Å². The van der Waals surface area contributed by atoms with Crippen LogP contribution >= 0.6 is 0 Å². The second-order valence-corrected chi connectivity index (χ2v) is 3.24. The molecule has 4 nitrogen and oxygen atoms in total. The first-order chi connectivity index (χ1) is 6.77. The van der Waals surface area contributed by atoms with Crippen molar-refractivity contribution >= 4 is 5.91 Å². The van der Waals surface area contributed by atoms with Gasteiger partial charge in [0.15, 0.2) is 0 Å². The van der Waals surface area contributed by atoms with Gasteiger partial charge in [-0.25, -0.2) is 0 Å². The predicted octanol–water partition coefficient (Wildman–Crippen LogP) is -0.276. The second-order valence-electron chi connectivity index (χ2n) is 3.24. The first kappa shape index (κ1) is 10.6. The fourth-order valence-electron chi connectivity index (χ4n) is 1.55. The topological polar surface area (TPSA) is 56.1 Å². The number of terminal acetylenes is 1. The van der Waals surface area contributed by atoms with Crippen molar-refractivity contribution in [3.05, 3.63) is 0 Å². The van der Waals surface area contributed by atoms with Crippen LogP contribution in [0.3, 0.4) is 0 Å². The maximum absolute atomic E-state index is 11.3. The molecule has 1 rings (SSSR count). The first-order valence-electron chi connectivity index (χ1n) is 4.61. The standard InChI is InChI=1S/C10H13N3O/c1-2-5-12-10(14)8-13-6-3-4-9(13)7-11/h1,9H,3-6,8H2,(H,12,14). The van der Waals surface area contributed by atoms with Gasteiger partial charge in [-0.1, -0.05) is 5.92 Å². The minimum Gasteiger partial charge on any atom is -0.344 e. The smallest absolute Gasteiger partial charge is 0.234 e. The van der Waals surface area contributed by atoms with Gasteiger partial charge in [0.05, 0.1) is 25.2 Å². The number of nitrogens with one attached hydrogen (secondary N) is 1. The third kappa shape index (κ3) is 2.76. The minimum absolute atomic E-state index is 0.105. The molecule has 4 heteroatoms. The molecule has 1 heterocycles. The number of likely N-dealkylation sites (tertiary alicyclic amines) is 1. The van der Waals surface area contributed by atoms with Crippen LogP contribution in [0.15, 0.2) is 0 Å². The Balaban J connectivity index is 2.33. The van der Waals surface area contributed by atoms with Gasteiger partial charge >= 0.3 is 0 Å². The van der Waals surface area contributed by atoms with Crippen molar-refractivity contribution < 1.29 is 4.79 Å². The average molecular weight is 191 g/mol. The quantitative estimate of drug-likeness (QED) is 0.624. The van der Waals surface area contributed by atoms with Gasteiger partial charge in [0, 0.05) is 6.54 Å². The Morgan fingerprint density at radius 1 is 1.71 bits per heavy atom. The molecule has 14 heavy (non-hydrogen) atoms. The van der Waals surface area contributed by atoms with E-state index in [4.69, 9.17) is 11.7 Å². The molecule has 1 fully saturated rings. The number of nitrogens with zero attached hydrogens (tertiary/aromatic N) is 2. The molecule has 0 aliphatic carbocycles. The summed E-state index contributed by atoms with van der Waals surface area (Å²) in [6.45, 7) is 1.35. The van der Waals surface area contributed by atoms with Crippen molar-refractivity contribution in [3.63, 3.8) is 0 Å². The Bertz CT molecular complexity index is 287. The lowest BCUT2D eigenvalue weighted by atomic mass is 10.2. The Hall–Kier alpha value is -1.52. The van der Waals surface area contributed by atoms with Crippen LogP contribution in [0, 0.1) is 23.7 Å². The van der Waals surface area contributed by atoms with Crippen molar-refractivity contribution in [1.82, 2.24) is 10.2 Å². The highest BCUT2D eigenvalue weighted by molar-refractivity contribution is 5.78. The Morgan fingerprint density at radius 3 is 3.14 bits per heavy atom. The summed E-state index contributed by atoms with van der Waals surface area (Å²) in [4.78, 5) is 13.1. The molecule has 1 unspecified atom stereocenters. The average Bonchev–Trinajstić information content (AvgIpc) is 2.62. The molecule has 74 valence electrons. The molecule has 1 aliphatic rings. The van der Waals surface area contributed by atoms with Crippen molar-refractivity contribution in [3.8, 4) is 18.4 Å². The van der Waals surface area contributed by atoms with Crippen molar-refractivity contribution in [2.75, 3.05) is 19.6 Å². The largest absolute Gasteiger partial charge is 0.344 e. The van der Waals surface area contributed by atoms with Crippen molar-refractivity contribution in [2.45, 2.75) is 18.9 Å². The van der Waals surface area contributed by atoms with Crippen molar-refractivity contribution in [2.24, 2.45) is 0 Å². The maximum Gasteiger partial charge on any atom is 0.234 e. The van der Waals surface area contributed by atoms with E-state index in [-0.39, 0.29) is 25.0 Å². The van der Waals surface area contributed by atoms with Crippen LogP contribution < -0.4 is 5.32 Å². The molecule has 1 atom stereocenters. The molecule has 1 N–H and O–H groups in total. The Morgan fingerprint density at radius 2 is 2.50 bits per heavy atom. The van der Waals surface area contributed by atoms with Gasteiger partial charge in [-0.2, -0.15) is 5.26 Å². The molecule has 1 aliphatic heterocycles. The lowest BCUT2D eigenvalue weighted by Gasteiger charge is -2.17. The van der Waals surface area contributed by atoms with Gasteiger partial charge in [0.1, 0.15) is 0 Å². The lowest BCUT2D eigenvalue weighted by molar-refractivity contribution is -0.122. The number of carbonyl (C=O) groups is 1. The Labute approximate surface area is 83.9 Å². The number of nitriles is 1. The third-order valence-electron chi connectivity index (χ3n) is 2.25. The lowest BCUT2D eigenvalue weighted by Crippen LogP contribution is -2.39. The molecule has 0 radical (unpaired) electrons. The van der Waals surface area contributed by atoms with E-state index >= 15 is 0 Å². The summed E-state index contributed by atoms with van der Waals surface area (Å²) >= 11 is 0. The summed E-state index contributed by atoms with van der Waals surface area (Å²) in [7, 11) is 0. The molecule has 0 spiro atoms. The molecular formula is C10H13N3O. The van der Waals surface area contributed by atoms with E-state index in [9.17, 15) is 4.79 Å². The molecule has 1 saturated heterocycles. The van der Waals surface area contributed by atoms with Gasteiger partial charge < -0.3 is 5.32 Å². The van der Waals surface area contributed by atoms with E-state index in [0.717, 1.165) is 19.4 Å². The molecule has 0 saturated carbocycles. The first-order valence-corrected chi connectivity index (χ1v) is 4.61. The Kier molecular flexibility index (Phi) is 3.97. The summed E-state index contributed by atoms with van der Waals surface area (Å²) in [5.74, 6) is 2.23. The molecule has 0 aromatic rings. The van der Waals surface area contributed by atoms with Gasteiger partial charge in [0.25, 0.3) is 0 Å². The highest BCUT2D eigenvalue weighted by atomic mass is 16.2. The van der Waals surface area contributed by atoms with Crippen LogP contribution in [-0.2, 0) is 4.79 Å². The molecular weight excluding hydrogens is 178 g/mol. The van der Waals surface area contributed by atoms with Gasteiger partial charge in [-0.15, -0.1) is 6.42 Å². The molecule has 0 aromatic carbocycles. The van der Waals surface area contributed by atoms with Crippen LogP contribution in [0.25, 0.3) is 0 Å². The number of amides is 1. The van der Waals surface area contributed by atoms with E-state index in [1.807, 2.05) is 4.90 Å². The summed E-state index contributed by atoms with van der Waals surface area (Å²) in [6, 6.07) is 2.08. The number of hydrogen-bond acceptors (Lipinski definition) is 3. The zero-order valence-corrected chi connectivity index (χ0v) is 7.99. The van der Waals surface area contributed by atoms with Gasteiger partial charge in [-0.3, -0.25) is 9.69 Å². The highest BCUT2D eigenvalue weighted by Gasteiger charge is 2.25. The van der Waals surface area contributed by atoms with Gasteiger partial charge in [0.2, 0.25) is 5.91 Å². The SMILES string of the molecule is C#CCNC(=O)CN1CCCC1C#N. The zero-order valence-electron chi connectivity index (χ0n) is 7.99. The van der Waals surface area contributed by atoms with E-state index < -0.39 is 0 Å².